The van der Waals surface area contributed by atoms with Gasteiger partial charge >= 0.3 is 11.9 Å². The maximum absolute atomic E-state index is 12.2. The number of ether oxygens (including phenoxy) is 3. The van der Waals surface area contributed by atoms with Crippen LogP contribution < -0.4 is 0 Å². The Morgan fingerprint density at radius 1 is 1.24 bits per heavy atom. The molecule has 0 saturated heterocycles. The fourth-order valence-electron chi connectivity index (χ4n) is 2.39. The molecule has 0 heterocycles. The van der Waals surface area contributed by atoms with Gasteiger partial charge in [0.05, 0.1) is 19.6 Å². The highest BCUT2D eigenvalue weighted by atomic mass is 16.6. The minimum absolute atomic E-state index is 0.0910. The fourth-order valence-corrected chi connectivity index (χ4v) is 2.39. The number of carbonyl (C=O) groups is 2. The van der Waals surface area contributed by atoms with Crippen LogP contribution in [0.3, 0.4) is 0 Å². The molecule has 0 amide bonds. The third-order valence-corrected chi connectivity index (χ3v) is 3.60. The summed E-state index contributed by atoms with van der Waals surface area (Å²) in [7, 11) is 1.42. The van der Waals surface area contributed by atoms with E-state index in [9.17, 15) is 9.59 Å². The Kier molecular flexibility index (Phi) is 5.07. The summed E-state index contributed by atoms with van der Waals surface area (Å²) in [6, 6.07) is 0. The molecular weight excluding hydrogens is 272 g/mol. The van der Waals surface area contributed by atoms with Gasteiger partial charge in [0, 0.05) is 5.92 Å². The van der Waals surface area contributed by atoms with Crippen LogP contribution in [-0.2, 0) is 23.8 Å². The average Bonchev–Trinajstić information content (AvgIpc) is 2.85. The fraction of sp³-hybridized carbons (Fsp3) is 0.750. The highest BCUT2D eigenvalue weighted by Crippen LogP contribution is 2.60. The van der Waals surface area contributed by atoms with E-state index in [0.717, 1.165) is 0 Å². The smallest absolute Gasteiger partial charge is 0.373 e. The highest BCUT2D eigenvalue weighted by molar-refractivity contribution is 5.87. The highest BCUT2D eigenvalue weighted by Gasteiger charge is 2.62. The van der Waals surface area contributed by atoms with Crippen LogP contribution in [0.1, 0.15) is 41.5 Å². The minimum Gasteiger partial charge on any atom is -0.490 e. The second kappa shape index (κ2) is 6.08. The van der Waals surface area contributed by atoms with Crippen LogP contribution in [0.5, 0.6) is 0 Å². The zero-order valence-electron chi connectivity index (χ0n) is 14.0. The first kappa shape index (κ1) is 17.5. The molecular formula is C16H26O5. The van der Waals surface area contributed by atoms with Crippen molar-refractivity contribution in [3.63, 3.8) is 0 Å². The van der Waals surface area contributed by atoms with Crippen molar-refractivity contribution in [2.24, 2.45) is 17.3 Å². The van der Waals surface area contributed by atoms with Crippen LogP contribution >= 0.6 is 0 Å². The molecule has 1 aliphatic rings. The molecule has 0 aromatic carbocycles. The molecule has 0 unspecified atom stereocenters. The van der Waals surface area contributed by atoms with Crippen molar-refractivity contribution in [1.82, 2.24) is 0 Å². The third kappa shape index (κ3) is 4.22. The lowest BCUT2D eigenvalue weighted by molar-refractivity contribution is -0.157. The molecule has 5 nitrogen and oxygen atoms in total. The standard InChI is InChI=1S/C16H26O5/c1-8-20-13(17)11(19-7)9-10-12(16(10,5)6)14(18)21-15(2,3)4/h9-10,12H,8H2,1-7H3/t10-,12+/m1/s1. The maximum Gasteiger partial charge on any atom is 0.373 e. The van der Waals surface area contributed by atoms with Gasteiger partial charge in [-0.2, -0.15) is 0 Å². The van der Waals surface area contributed by atoms with Gasteiger partial charge in [0.25, 0.3) is 0 Å². The van der Waals surface area contributed by atoms with E-state index >= 15 is 0 Å². The van der Waals surface area contributed by atoms with Gasteiger partial charge in [-0.05, 0) is 39.2 Å². The Labute approximate surface area is 126 Å². The van der Waals surface area contributed by atoms with Crippen molar-refractivity contribution in [3.05, 3.63) is 11.8 Å². The normalized spacial score (nSPS) is 24.2. The predicted molar refractivity (Wildman–Crippen MR) is 78.3 cm³/mol. The number of rotatable bonds is 5. The number of esters is 2. The van der Waals surface area contributed by atoms with Crippen LogP contribution in [0.2, 0.25) is 0 Å². The van der Waals surface area contributed by atoms with E-state index in [1.807, 2.05) is 34.6 Å². The lowest BCUT2D eigenvalue weighted by Crippen LogP contribution is -2.26. The van der Waals surface area contributed by atoms with E-state index in [1.54, 1.807) is 13.0 Å². The summed E-state index contributed by atoms with van der Waals surface area (Å²) in [5, 5.41) is 0. The minimum atomic E-state index is -0.519. The summed E-state index contributed by atoms with van der Waals surface area (Å²) in [5.41, 5.74) is -0.770. The first-order chi connectivity index (χ1) is 9.54. The Balaban J connectivity index is 2.84. The topological polar surface area (TPSA) is 61.8 Å². The number of hydrogen-bond acceptors (Lipinski definition) is 5. The molecule has 1 aliphatic carbocycles. The number of allylic oxidation sites excluding steroid dienone is 1. The van der Waals surface area contributed by atoms with Gasteiger partial charge in [-0.3, -0.25) is 4.79 Å². The van der Waals surface area contributed by atoms with Crippen LogP contribution in [0.4, 0.5) is 0 Å². The third-order valence-electron chi connectivity index (χ3n) is 3.60. The molecule has 5 heteroatoms. The Bertz CT molecular complexity index is 442. The molecule has 21 heavy (non-hydrogen) atoms. The second-order valence-electron chi connectivity index (χ2n) is 6.81. The first-order valence-electron chi connectivity index (χ1n) is 7.20. The van der Waals surface area contributed by atoms with Crippen molar-refractivity contribution in [3.8, 4) is 0 Å². The van der Waals surface area contributed by atoms with E-state index in [-0.39, 0.29) is 35.6 Å². The quantitative estimate of drug-likeness (QED) is 0.443. The van der Waals surface area contributed by atoms with Gasteiger partial charge in [-0.1, -0.05) is 13.8 Å². The SMILES string of the molecule is CCOC(=O)C(=C[C@@H]1[C@@H](C(=O)OC(C)(C)C)C1(C)C)OC. The Morgan fingerprint density at radius 2 is 1.81 bits per heavy atom. The van der Waals surface area contributed by atoms with Gasteiger partial charge in [0.1, 0.15) is 5.60 Å². The molecule has 0 aliphatic heterocycles. The summed E-state index contributed by atoms with van der Waals surface area (Å²) >= 11 is 0. The van der Waals surface area contributed by atoms with Gasteiger partial charge in [0.2, 0.25) is 5.76 Å². The molecule has 0 N–H and O–H groups in total. The molecule has 0 radical (unpaired) electrons. The van der Waals surface area contributed by atoms with E-state index < -0.39 is 11.6 Å². The molecule has 0 bridgehead atoms. The molecule has 1 fully saturated rings. The van der Waals surface area contributed by atoms with E-state index in [1.165, 1.54) is 7.11 Å². The zero-order valence-corrected chi connectivity index (χ0v) is 14.0. The van der Waals surface area contributed by atoms with Gasteiger partial charge in [-0.25, -0.2) is 4.79 Å². The van der Waals surface area contributed by atoms with E-state index in [4.69, 9.17) is 14.2 Å². The molecule has 120 valence electrons. The van der Waals surface area contributed by atoms with Crippen LogP contribution in [0.15, 0.2) is 11.8 Å². The molecule has 1 saturated carbocycles. The molecule has 1 rings (SSSR count). The molecule has 0 aromatic rings. The molecule has 0 spiro atoms. The Hall–Kier alpha value is -1.52. The average molecular weight is 298 g/mol. The first-order valence-corrected chi connectivity index (χ1v) is 7.20. The van der Waals surface area contributed by atoms with Crippen molar-refractivity contribution >= 4 is 11.9 Å². The summed E-state index contributed by atoms with van der Waals surface area (Å²) in [4.78, 5) is 23.9. The lowest BCUT2D eigenvalue weighted by atomic mass is 10.1. The second-order valence-corrected chi connectivity index (χ2v) is 6.81. The Morgan fingerprint density at radius 3 is 2.24 bits per heavy atom. The van der Waals surface area contributed by atoms with Crippen LogP contribution in [-0.4, -0.2) is 31.3 Å². The largest absolute Gasteiger partial charge is 0.490 e. The lowest BCUT2D eigenvalue weighted by Gasteiger charge is -2.19. The van der Waals surface area contributed by atoms with Gasteiger partial charge in [-0.15, -0.1) is 0 Å². The number of hydrogen-bond donors (Lipinski definition) is 0. The van der Waals surface area contributed by atoms with Crippen LogP contribution in [0, 0.1) is 17.3 Å². The summed E-state index contributed by atoms with van der Waals surface area (Å²) in [6.45, 7) is 11.5. The van der Waals surface area contributed by atoms with Gasteiger partial charge in [0.15, 0.2) is 0 Å². The number of methoxy groups -OCH3 is 1. The summed E-state index contributed by atoms with van der Waals surface area (Å²) < 4.78 is 15.4. The van der Waals surface area contributed by atoms with E-state index in [2.05, 4.69) is 0 Å². The molecule has 0 aromatic heterocycles. The van der Waals surface area contributed by atoms with Crippen molar-refractivity contribution in [2.75, 3.05) is 13.7 Å². The molecule has 2 atom stereocenters. The maximum atomic E-state index is 12.2. The summed E-state index contributed by atoms with van der Waals surface area (Å²) in [6.07, 6.45) is 1.67. The zero-order chi connectivity index (χ0) is 16.4. The predicted octanol–water partition coefficient (Wildman–Crippen LogP) is 2.69. The van der Waals surface area contributed by atoms with Crippen molar-refractivity contribution in [2.45, 2.75) is 47.1 Å². The van der Waals surface area contributed by atoms with Crippen molar-refractivity contribution in [1.29, 1.82) is 0 Å². The van der Waals surface area contributed by atoms with Crippen LogP contribution in [0.25, 0.3) is 0 Å². The van der Waals surface area contributed by atoms with Crippen molar-refractivity contribution < 1.29 is 23.8 Å². The number of carbonyl (C=O) groups excluding carboxylic acids is 2. The van der Waals surface area contributed by atoms with Gasteiger partial charge < -0.3 is 14.2 Å². The monoisotopic (exact) mass is 298 g/mol. The summed E-state index contributed by atoms with van der Waals surface area (Å²) in [5.74, 6) is -0.970. The van der Waals surface area contributed by atoms with E-state index in [0.29, 0.717) is 0 Å².